The molecule has 29 heavy (non-hydrogen) atoms. The maximum absolute atomic E-state index is 12.9. The molecule has 1 saturated heterocycles. The second-order valence-corrected chi connectivity index (χ2v) is 10.3. The van der Waals surface area contributed by atoms with Crippen molar-refractivity contribution in [2.24, 2.45) is 23.2 Å². The number of carbonyl (C=O) groups excluding carboxylic acids is 1. The highest BCUT2D eigenvalue weighted by Gasteiger charge is 2.51. The number of likely N-dealkylation sites (N-methyl/N-ethyl adjacent to an activating group) is 1. The van der Waals surface area contributed by atoms with Gasteiger partial charge in [0.05, 0.1) is 12.7 Å². The van der Waals surface area contributed by atoms with Gasteiger partial charge in [0.1, 0.15) is 11.6 Å². The van der Waals surface area contributed by atoms with Crippen molar-refractivity contribution in [1.82, 2.24) is 14.8 Å². The molecule has 1 amide bonds. The lowest BCUT2D eigenvalue weighted by molar-refractivity contribution is -0.133. The highest BCUT2D eigenvalue weighted by molar-refractivity contribution is 5.78. The summed E-state index contributed by atoms with van der Waals surface area (Å²) in [6, 6.07) is 3.51. The van der Waals surface area contributed by atoms with Crippen LogP contribution in [-0.2, 0) is 4.79 Å². The summed E-state index contributed by atoms with van der Waals surface area (Å²) in [6.45, 7) is 4.71. The largest absolute Gasteiger partial charge is 0.506 e. The van der Waals surface area contributed by atoms with Crippen molar-refractivity contribution in [3.05, 3.63) is 18.3 Å². The highest BCUT2D eigenvalue weighted by atomic mass is 16.3. The van der Waals surface area contributed by atoms with Gasteiger partial charge in [-0.05, 0) is 80.9 Å². The fraction of sp³-hybridized carbons (Fsp3) is 0.739. The summed E-state index contributed by atoms with van der Waals surface area (Å²) in [5.74, 6) is 4.21. The molecule has 4 bridgehead atoms. The summed E-state index contributed by atoms with van der Waals surface area (Å²) in [7, 11) is 2.15. The Morgan fingerprint density at radius 3 is 2.28 bits per heavy atom. The van der Waals surface area contributed by atoms with Gasteiger partial charge in [-0.15, -0.1) is 0 Å². The SMILES string of the molecule is CN(CC(=O)N1CCN(c2ccc(O)cn2)CC1)CC12CC3CC(CC(C3)C1)C2. The Morgan fingerprint density at radius 1 is 1.10 bits per heavy atom. The molecule has 4 aliphatic carbocycles. The number of hydrogen-bond acceptors (Lipinski definition) is 5. The zero-order chi connectivity index (χ0) is 20.0. The molecule has 6 nitrogen and oxygen atoms in total. The van der Waals surface area contributed by atoms with Crippen LogP contribution in [0.3, 0.4) is 0 Å². The number of aromatic hydroxyl groups is 1. The summed E-state index contributed by atoms with van der Waals surface area (Å²) >= 11 is 0. The lowest BCUT2D eigenvalue weighted by Gasteiger charge is -2.57. The lowest BCUT2D eigenvalue weighted by atomic mass is 9.49. The fourth-order valence-corrected chi connectivity index (χ4v) is 7.19. The molecule has 0 radical (unpaired) electrons. The van der Waals surface area contributed by atoms with Gasteiger partial charge in [0.25, 0.3) is 0 Å². The van der Waals surface area contributed by atoms with Crippen LogP contribution in [0.5, 0.6) is 5.75 Å². The van der Waals surface area contributed by atoms with Crippen molar-refractivity contribution in [3.8, 4) is 5.75 Å². The van der Waals surface area contributed by atoms with E-state index in [9.17, 15) is 9.90 Å². The number of pyridine rings is 1. The van der Waals surface area contributed by atoms with Crippen LogP contribution < -0.4 is 4.90 Å². The molecule has 0 spiro atoms. The van der Waals surface area contributed by atoms with Crippen LogP contribution in [0.2, 0.25) is 0 Å². The molecular formula is C23H34N4O2. The molecule has 5 aliphatic rings. The van der Waals surface area contributed by atoms with E-state index in [0.29, 0.717) is 12.0 Å². The van der Waals surface area contributed by atoms with Gasteiger partial charge < -0.3 is 14.9 Å². The molecule has 1 N–H and O–H groups in total. The van der Waals surface area contributed by atoms with E-state index < -0.39 is 0 Å². The molecule has 0 unspecified atom stereocenters. The fourth-order valence-electron chi connectivity index (χ4n) is 7.19. The molecule has 0 aromatic carbocycles. The smallest absolute Gasteiger partial charge is 0.236 e. The zero-order valence-corrected chi connectivity index (χ0v) is 17.6. The van der Waals surface area contributed by atoms with Crippen LogP contribution in [-0.4, -0.2) is 72.1 Å². The minimum atomic E-state index is 0.185. The van der Waals surface area contributed by atoms with E-state index in [1.165, 1.54) is 44.7 Å². The summed E-state index contributed by atoms with van der Waals surface area (Å²) in [5.41, 5.74) is 0.493. The minimum Gasteiger partial charge on any atom is -0.506 e. The Hall–Kier alpha value is -1.82. The van der Waals surface area contributed by atoms with E-state index in [1.54, 1.807) is 6.07 Å². The van der Waals surface area contributed by atoms with Crippen molar-refractivity contribution < 1.29 is 9.90 Å². The molecule has 158 valence electrons. The molecule has 1 aliphatic heterocycles. The Labute approximate surface area is 173 Å². The zero-order valence-electron chi connectivity index (χ0n) is 17.6. The van der Waals surface area contributed by atoms with Crippen molar-refractivity contribution in [3.63, 3.8) is 0 Å². The van der Waals surface area contributed by atoms with E-state index in [0.717, 1.165) is 56.3 Å². The van der Waals surface area contributed by atoms with Crippen LogP contribution in [0.15, 0.2) is 18.3 Å². The lowest BCUT2D eigenvalue weighted by Crippen LogP contribution is -2.53. The monoisotopic (exact) mass is 398 g/mol. The van der Waals surface area contributed by atoms with Gasteiger partial charge in [-0.3, -0.25) is 9.69 Å². The molecule has 6 heteroatoms. The third-order valence-electron chi connectivity index (χ3n) is 7.86. The molecule has 4 saturated carbocycles. The summed E-state index contributed by atoms with van der Waals surface area (Å²) < 4.78 is 0. The first-order valence-corrected chi connectivity index (χ1v) is 11.3. The number of rotatable bonds is 5. The third kappa shape index (κ3) is 3.96. The van der Waals surface area contributed by atoms with E-state index >= 15 is 0 Å². The van der Waals surface area contributed by atoms with Gasteiger partial charge in [0.15, 0.2) is 0 Å². The number of anilines is 1. The first-order chi connectivity index (χ1) is 14.0. The molecule has 5 fully saturated rings. The van der Waals surface area contributed by atoms with Gasteiger partial charge >= 0.3 is 0 Å². The Balaban J connectivity index is 1.12. The van der Waals surface area contributed by atoms with Crippen LogP contribution in [0.25, 0.3) is 0 Å². The molecular weight excluding hydrogens is 364 g/mol. The van der Waals surface area contributed by atoms with Crippen LogP contribution in [0.4, 0.5) is 5.82 Å². The normalized spacial score (nSPS) is 33.5. The molecule has 6 rings (SSSR count). The van der Waals surface area contributed by atoms with Crippen LogP contribution >= 0.6 is 0 Å². The average molecular weight is 399 g/mol. The average Bonchev–Trinajstić information content (AvgIpc) is 2.67. The standard InChI is InChI=1S/C23H34N4O2/c1-25(16-23-11-17-8-18(12-23)10-19(9-17)13-23)15-22(29)27-6-4-26(5-7-27)21-3-2-20(28)14-24-21/h2-3,14,17-19,28H,4-13,15-16H2,1H3. The van der Waals surface area contributed by atoms with Gasteiger partial charge in [-0.25, -0.2) is 4.98 Å². The van der Waals surface area contributed by atoms with Crippen molar-refractivity contribution in [2.45, 2.75) is 38.5 Å². The first kappa shape index (κ1) is 19.2. The maximum Gasteiger partial charge on any atom is 0.236 e. The van der Waals surface area contributed by atoms with Crippen LogP contribution in [0.1, 0.15) is 38.5 Å². The summed E-state index contributed by atoms with van der Waals surface area (Å²) in [4.78, 5) is 23.7. The number of piperazine rings is 1. The molecule has 1 aromatic rings. The van der Waals surface area contributed by atoms with E-state index in [-0.39, 0.29) is 11.7 Å². The number of nitrogens with zero attached hydrogens (tertiary/aromatic N) is 4. The first-order valence-electron chi connectivity index (χ1n) is 11.3. The molecule has 2 heterocycles. The second kappa shape index (κ2) is 7.46. The summed E-state index contributed by atoms with van der Waals surface area (Å²) in [5, 5.41) is 9.40. The van der Waals surface area contributed by atoms with E-state index in [4.69, 9.17) is 0 Å². The van der Waals surface area contributed by atoms with Crippen LogP contribution in [0, 0.1) is 23.2 Å². The van der Waals surface area contributed by atoms with Crippen molar-refractivity contribution in [1.29, 1.82) is 0 Å². The van der Waals surface area contributed by atoms with E-state index in [1.807, 2.05) is 11.0 Å². The third-order valence-corrected chi connectivity index (χ3v) is 7.86. The minimum absolute atomic E-state index is 0.185. The molecule has 1 aromatic heterocycles. The number of carbonyl (C=O) groups is 1. The predicted molar refractivity (Wildman–Crippen MR) is 113 cm³/mol. The van der Waals surface area contributed by atoms with Crippen molar-refractivity contribution in [2.75, 3.05) is 51.2 Å². The quantitative estimate of drug-likeness (QED) is 0.826. The highest BCUT2D eigenvalue weighted by Crippen LogP contribution is 2.60. The van der Waals surface area contributed by atoms with Crippen molar-refractivity contribution >= 4 is 11.7 Å². The van der Waals surface area contributed by atoms with Gasteiger partial charge in [-0.1, -0.05) is 0 Å². The number of aromatic nitrogens is 1. The predicted octanol–water partition coefficient (Wildman–Crippen LogP) is 2.58. The number of hydrogen-bond donors (Lipinski definition) is 1. The van der Waals surface area contributed by atoms with Gasteiger partial charge in [0.2, 0.25) is 5.91 Å². The topological polar surface area (TPSA) is 59.9 Å². The number of amides is 1. The van der Waals surface area contributed by atoms with Gasteiger partial charge in [-0.2, -0.15) is 0 Å². The van der Waals surface area contributed by atoms with E-state index in [2.05, 4.69) is 21.8 Å². The second-order valence-electron chi connectivity index (χ2n) is 10.3. The summed E-state index contributed by atoms with van der Waals surface area (Å²) in [6.07, 6.45) is 10.1. The van der Waals surface area contributed by atoms with Gasteiger partial charge in [0, 0.05) is 32.7 Å². The molecule has 0 atom stereocenters. The maximum atomic E-state index is 12.9. The Morgan fingerprint density at radius 2 is 1.72 bits per heavy atom. The Kier molecular flexibility index (Phi) is 4.93. The Bertz CT molecular complexity index is 706.